The second-order valence-electron chi connectivity index (χ2n) is 3.85. The monoisotopic (exact) mass is 252 g/mol. The van der Waals surface area contributed by atoms with Crippen molar-refractivity contribution in [2.45, 2.75) is 24.6 Å². The molecule has 0 spiro atoms. The SMILES string of the molecule is COC(=O)NC(C(N)=O)C(C)(C)S(C)(=O)=O. The predicted molar refractivity (Wildman–Crippen MR) is 57.4 cm³/mol. The van der Waals surface area contributed by atoms with E-state index in [2.05, 4.69) is 10.1 Å². The van der Waals surface area contributed by atoms with E-state index in [1.165, 1.54) is 13.8 Å². The van der Waals surface area contributed by atoms with Crippen molar-refractivity contribution < 1.29 is 22.7 Å². The third kappa shape index (κ3) is 3.09. The summed E-state index contributed by atoms with van der Waals surface area (Å²) in [6.07, 6.45) is 0.0440. The Bertz CT molecular complexity index is 387. The smallest absolute Gasteiger partial charge is 0.407 e. The number of alkyl carbamates (subject to hydrolysis) is 1. The predicted octanol–water partition coefficient (Wildman–Crippen LogP) is -0.980. The normalized spacial score (nSPS) is 14.0. The highest BCUT2D eigenvalue weighted by molar-refractivity contribution is 7.92. The first kappa shape index (κ1) is 14.7. The van der Waals surface area contributed by atoms with Gasteiger partial charge in [0.1, 0.15) is 6.04 Å². The zero-order valence-electron chi connectivity index (χ0n) is 9.60. The van der Waals surface area contributed by atoms with Crippen molar-refractivity contribution in [3.05, 3.63) is 0 Å². The number of hydrogen-bond donors (Lipinski definition) is 2. The van der Waals surface area contributed by atoms with E-state index in [0.717, 1.165) is 13.4 Å². The van der Waals surface area contributed by atoms with Gasteiger partial charge in [-0.05, 0) is 13.8 Å². The van der Waals surface area contributed by atoms with Crippen molar-refractivity contribution in [2.24, 2.45) is 5.73 Å². The van der Waals surface area contributed by atoms with Crippen LogP contribution < -0.4 is 11.1 Å². The van der Waals surface area contributed by atoms with Crippen LogP contribution in [0.15, 0.2) is 0 Å². The Morgan fingerprint density at radius 1 is 1.38 bits per heavy atom. The lowest BCUT2D eigenvalue weighted by Gasteiger charge is -2.30. The Balaban J connectivity index is 5.23. The van der Waals surface area contributed by atoms with Gasteiger partial charge >= 0.3 is 6.09 Å². The highest BCUT2D eigenvalue weighted by Crippen LogP contribution is 2.20. The maximum Gasteiger partial charge on any atom is 0.407 e. The maximum absolute atomic E-state index is 11.5. The van der Waals surface area contributed by atoms with Crippen molar-refractivity contribution in [3.8, 4) is 0 Å². The molecule has 0 rings (SSSR count). The Kier molecular flexibility index (Phi) is 4.30. The molecule has 0 fully saturated rings. The van der Waals surface area contributed by atoms with Gasteiger partial charge in [0, 0.05) is 6.26 Å². The highest BCUT2D eigenvalue weighted by atomic mass is 32.2. The number of primary amides is 1. The van der Waals surface area contributed by atoms with Crippen molar-refractivity contribution in [1.29, 1.82) is 0 Å². The van der Waals surface area contributed by atoms with Crippen LogP contribution in [-0.2, 0) is 19.4 Å². The van der Waals surface area contributed by atoms with Gasteiger partial charge in [0.05, 0.1) is 11.9 Å². The maximum atomic E-state index is 11.5. The standard InChI is InChI=1S/C8H16N2O5S/c1-8(2,16(4,13)14)5(6(9)11)10-7(12)15-3/h5H,1-4H3,(H2,9,11)(H,10,12). The van der Waals surface area contributed by atoms with Crippen LogP contribution in [0.1, 0.15) is 13.8 Å². The molecule has 94 valence electrons. The van der Waals surface area contributed by atoms with Gasteiger partial charge in [0.2, 0.25) is 5.91 Å². The Morgan fingerprint density at radius 2 is 1.81 bits per heavy atom. The fraction of sp³-hybridized carbons (Fsp3) is 0.750. The molecule has 0 radical (unpaired) electrons. The zero-order valence-corrected chi connectivity index (χ0v) is 10.4. The Hall–Kier alpha value is -1.31. The number of carbonyl (C=O) groups is 2. The number of sulfone groups is 1. The molecule has 16 heavy (non-hydrogen) atoms. The first-order valence-electron chi connectivity index (χ1n) is 4.37. The molecule has 2 amide bonds. The van der Waals surface area contributed by atoms with Crippen molar-refractivity contribution in [3.63, 3.8) is 0 Å². The van der Waals surface area contributed by atoms with E-state index in [-0.39, 0.29) is 0 Å². The molecule has 0 heterocycles. The first-order chi connectivity index (χ1) is 7.04. The minimum absolute atomic E-state index is 0.916. The number of nitrogens with two attached hydrogens (primary N) is 1. The van der Waals surface area contributed by atoms with Crippen molar-refractivity contribution in [2.75, 3.05) is 13.4 Å². The lowest BCUT2D eigenvalue weighted by molar-refractivity contribution is -0.120. The lowest BCUT2D eigenvalue weighted by atomic mass is 10.0. The van der Waals surface area contributed by atoms with E-state index in [4.69, 9.17) is 5.73 Å². The Morgan fingerprint density at radius 3 is 2.06 bits per heavy atom. The zero-order chi connectivity index (χ0) is 13.1. The lowest BCUT2D eigenvalue weighted by Crippen LogP contribution is -2.59. The molecule has 0 aliphatic heterocycles. The molecule has 0 aromatic heterocycles. The fourth-order valence-corrected chi connectivity index (χ4v) is 1.58. The van der Waals surface area contributed by atoms with Gasteiger partial charge in [-0.25, -0.2) is 13.2 Å². The molecule has 7 nitrogen and oxygen atoms in total. The van der Waals surface area contributed by atoms with Crippen LogP contribution in [0.3, 0.4) is 0 Å². The summed E-state index contributed by atoms with van der Waals surface area (Å²) in [4.78, 5) is 22.1. The minimum atomic E-state index is -3.57. The summed E-state index contributed by atoms with van der Waals surface area (Å²) < 4.78 is 25.7. The summed E-state index contributed by atoms with van der Waals surface area (Å²) in [5.41, 5.74) is 5.05. The van der Waals surface area contributed by atoms with Crippen molar-refractivity contribution >= 4 is 21.8 Å². The van der Waals surface area contributed by atoms with Gasteiger partial charge < -0.3 is 15.8 Å². The van der Waals surface area contributed by atoms with Crippen LogP contribution in [0, 0.1) is 0 Å². The van der Waals surface area contributed by atoms with Gasteiger partial charge in [0.15, 0.2) is 9.84 Å². The number of nitrogens with one attached hydrogen (secondary N) is 1. The second kappa shape index (κ2) is 4.69. The number of rotatable bonds is 4. The Labute approximate surface area is 94.2 Å². The van der Waals surface area contributed by atoms with E-state index < -0.39 is 32.6 Å². The molecule has 8 heteroatoms. The molecule has 0 saturated heterocycles. The molecule has 0 aliphatic carbocycles. The van der Waals surface area contributed by atoms with E-state index in [1.54, 1.807) is 0 Å². The van der Waals surface area contributed by atoms with Crippen molar-refractivity contribution in [1.82, 2.24) is 5.32 Å². The van der Waals surface area contributed by atoms with E-state index in [9.17, 15) is 18.0 Å². The molecular weight excluding hydrogens is 236 g/mol. The summed E-state index contributed by atoms with van der Waals surface area (Å²) in [7, 11) is -2.47. The molecule has 1 atom stereocenters. The van der Waals surface area contributed by atoms with Crippen LogP contribution in [0.4, 0.5) is 4.79 Å². The summed E-state index contributed by atoms with van der Waals surface area (Å²) in [5, 5.41) is 2.10. The quantitative estimate of drug-likeness (QED) is 0.667. The number of ether oxygens (including phenoxy) is 1. The minimum Gasteiger partial charge on any atom is -0.453 e. The van der Waals surface area contributed by atoms with Crippen LogP contribution in [-0.4, -0.2) is 44.6 Å². The average molecular weight is 252 g/mol. The van der Waals surface area contributed by atoms with Gasteiger partial charge in [-0.2, -0.15) is 0 Å². The first-order valence-corrected chi connectivity index (χ1v) is 6.26. The summed E-state index contributed by atoms with van der Waals surface area (Å²) in [5.74, 6) is -0.944. The molecule has 0 bridgehead atoms. The molecule has 1 unspecified atom stereocenters. The van der Waals surface area contributed by atoms with E-state index >= 15 is 0 Å². The third-order valence-corrected chi connectivity index (χ3v) is 4.53. The molecule has 0 saturated carbocycles. The topological polar surface area (TPSA) is 116 Å². The average Bonchev–Trinajstić information content (AvgIpc) is 2.10. The van der Waals surface area contributed by atoms with Crippen LogP contribution in [0.5, 0.6) is 0 Å². The summed E-state index contributed by atoms with van der Waals surface area (Å²) in [6.45, 7) is 2.60. The number of carbonyl (C=O) groups excluding carboxylic acids is 2. The fourth-order valence-electron chi connectivity index (χ4n) is 0.978. The van der Waals surface area contributed by atoms with Gasteiger partial charge in [-0.3, -0.25) is 4.79 Å². The number of hydrogen-bond acceptors (Lipinski definition) is 5. The molecular formula is C8H16N2O5S. The number of amides is 2. The van der Waals surface area contributed by atoms with Gasteiger partial charge in [-0.15, -0.1) is 0 Å². The largest absolute Gasteiger partial charge is 0.453 e. The van der Waals surface area contributed by atoms with Gasteiger partial charge in [-0.1, -0.05) is 0 Å². The number of methoxy groups -OCH3 is 1. The summed E-state index contributed by atoms with van der Waals surface area (Å²) in [6, 6.07) is -1.35. The third-order valence-electron chi connectivity index (χ3n) is 2.38. The van der Waals surface area contributed by atoms with Crippen LogP contribution in [0.25, 0.3) is 0 Å². The molecule has 0 aromatic rings. The molecule has 3 N–H and O–H groups in total. The summed E-state index contributed by atoms with van der Waals surface area (Å²) >= 11 is 0. The second-order valence-corrected chi connectivity index (χ2v) is 6.44. The van der Waals surface area contributed by atoms with Crippen LogP contribution >= 0.6 is 0 Å². The van der Waals surface area contributed by atoms with E-state index in [1.807, 2.05) is 0 Å². The van der Waals surface area contributed by atoms with E-state index in [0.29, 0.717) is 0 Å². The van der Waals surface area contributed by atoms with Crippen LogP contribution in [0.2, 0.25) is 0 Å². The highest BCUT2D eigenvalue weighted by Gasteiger charge is 2.43. The molecule has 0 aromatic carbocycles. The van der Waals surface area contributed by atoms with Gasteiger partial charge in [0.25, 0.3) is 0 Å². The molecule has 0 aliphatic rings.